The van der Waals surface area contributed by atoms with Crippen molar-refractivity contribution in [3.63, 3.8) is 0 Å². The zero-order valence-electron chi connectivity index (χ0n) is 12.8. The number of carboxylic acids is 1. The van der Waals surface area contributed by atoms with Gasteiger partial charge < -0.3 is 5.11 Å². The molecule has 21 heavy (non-hydrogen) atoms. The van der Waals surface area contributed by atoms with Crippen LogP contribution in [0.15, 0.2) is 24.3 Å². The molecule has 2 aromatic rings. The van der Waals surface area contributed by atoms with E-state index >= 15 is 0 Å². The lowest BCUT2D eigenvalue weighted by Crippen LogP contribution is -2.22. The molecule has 2 rings (SSSR count). The summed E-state index contributed by atoms with van der Waals surface area (Å²) < 4.78 is 0. The van der Waals surface area contributed by atoms with Crippen LogP contribution in [0, 0.1) is 13.8 Å². The minimum absolute atomic E-state index is 0.254. The van der Waals surface area contributed by atoms with Crippen LogP contribution in [-0.4, -0.2) is 28.0 Å². The van der Waals surface area contributed by atoms with Gasteiger partial charge in [-0.3, -0.25) is 4.90 Å². The van der Waals surface area contributed by atoms with Gasteiger partial charge in [0, 0.05) is 17.5 Å². The monoisotopic (exact) mass is 304 g/mol. The number of carbonyl (C=O) groups is 1. The van der Waals surface area contributed by atoms with Crippen LogP contribution in [0.5, 0.6) is 0 Å². The number of benzene rings is 1. The second kappa shape index (κ2) is 6.37. The van der Waals surface area contributed by atoms with Crippen molar-refractivity contribution in [2.45, 2.75) is 33.4 Å². The summed E-state index contributed by atoms with van der Waals surface area (Å²) in [7, 11) is 2.05. The highest BCUT2D eigenvalue weighted by atomic mass is 32.1. The van der Waals surface area contributed by atoms with Gasteiger partial charge in [-0.2, -0.15) is 0 Å². The number of aryl methyl sites for hydroxylation is 2. The van der Waals surface area contributed by atoms with Crippen molar-refractivity contribution < 1.29 is 9.90 Å². The number of carboxylic acid groups (broad SMARTS) is 1. The normalized spacial score (nSPS) is 12.6. The lowest BCUT2D eigenvalue weighted by Gasteiger charge is -2.24. The smallest absolute Gasteiger partial charge is 0.335 e. The Morgan fingerprint density at radius 1 is 1.43 bits per heavy atom. The molecule has 0 radical (unpaired) electrons. The molecule has 0 bridgehead atoms. The summed E-state index contributed by atoms with van der Waals surface area (Å²) >= 11 is 1.72. The van der Waals surface area contributed by atoms with E-state index in [1.165, 1.54) is 4.88 Å². The van der Waals surface area contributed by atoms with Crippen molar-refractivity contribution in [1.82, 2.24) is 9.88 Å². The van der Waals surface area contributed by atoms with Gasteiger partial charge in [-0.1, -0.05) is 12.1 Å². The van der Waals surface area contributed by atoms with Crippen LogP contribution in [0.25, 0.3) is 0 Å². The summed E-state index contributed by atoms with van der Waals surface area (Å²) in [6.45, 7) is 6.91. The second-order valence-electron chi connectivity index (χ2n) is 5.28. The Bertz CT molecular complexity index is 651. The molecule has 1 heterocycles. The van der Waals surface area contributed by atoms with Crippen molar-refractivity contribution in [3.05, 3.63) is 51.0 Å². The van der Waals surface area contributed by atoms with E-state index in [0.717, 1.165) is 16.3 Å². The Morgan fingerprint density at radius 3 is 2.71 bits per heavy atom. The van der Waals surface area contributed by atoms with E-state index in [1.54, 1.807) is 29.5 Å². The lowest BCUT2D eigenvalue weighted by atomic mass is 10.1. The molecule has 0 saturated carbocycles. The van der Waals surface area contributed by atoms with E-state index in [0.29, 0.717) is 12.1 Å². The van der Waals surface area contributed by atoms with Crippen LogP contribution in [0.4, 0.5) is 0 Å². The van der Waals surface area contributed by atoms with Crippen LogP contribution < -0.4 is 0 Å². The van der Waals surface area contributed by atoms with E-state index in [-0.39, 0.29) is 6.04 Å². The van der Waals surface area contributed by atoms with Crippen LogP contribution in [0.2, 0.25) is 0 Å². The zero-order valence-corrected chi connectivity index (χ0v) is 13.6. The zero-order chi connectivity index (χ0) is 15.6. The second-order valence-corrected chi connectivity index (χ2v) is 6.51. The predicted octanol–water partition coefficient (Wildman–Crippen LogP) is 3.65. The fraction of sp³-hybridized carbons (Fsp3) is 0.375. The summed E-state index contributed by atoms with van der Waals surface area (Å²) in [5.41, 5.74) is 2.41. The Kier molecular flexibility index (Phi) is 4.75. The molecule has 4 nitrogen and oxygen atoms in total. The topological polar surface area (TPSA) is 53.4 Å². The van der Waals surface area contributed by atoms with E-state index < -0.39 is 5.97 Å². The maximum absolute atomic E-state index is 11.0. The van der Waals surface area contributed by atoms with Crippen LogP contribution in [0.3, 0.4) is 0 Å². The van der Waals surface area contributed by atoms with Gasteiger partial charge in [-0.05, 0) is 45.5 Å². The molecule has 5 heteroatoms. The van der Waals surface area contributed by atoms with Gasteiger partial charge in [0.05, 0.1) is 16.3 Å². The third-order valence-electron chi connectivity index (χ3n) is 3.59. The average Bonchev–Trinajstić information content (AvgIpc) is 2.77. The molecule has 1 unspecified atom stereocenters. The highest BCUT2D eigenvalue weighted by molar-refractivity contribution is 7.11. The highest BCUT2D eigenvalue weighted by Gasteiger charge is 2.17. The third-order valence-corrected chi connectivity index (χ3v) is 4.83. The number of aromatic carboxylic acids is 1. The van der Waals surface area contributed by atoms with Crippen molar-refractivity contribution in [2.24, 2.45) is 0 Å². The number of rotatable bonds is 5. The maximum atomic E-state index is 11.0. The van der Waals surface area contributed by atoms with Gasteiger partial charge >= 0.3 is 5.97 Å². The van der Waals surface area contributed by atoms with E-state index in [2.05, 4.69) is 16.8 Å². The molecular weight excluding hydrogens is 284 g/mol. The summed E-state index contributed by atoms with van der Waals surface area (Å²) in [5.74, 6) is -0.888. The quantitative estimate of drug-likeness (QED) is 0.916. The van der Waals surface area contributed by atoms with E-state index in [9.17, 15) is 4.79 Å². The van der Waals surface area contributed by atoms with Gasteiger partial charge in [-0.15, -0.1) is 11.3 Å². The van der Waals surface area contributed by atoms with Crippen molar-refractivity contribution in [2.75, 3.05) is 7.05 Å². The Labute approximate surface area is 129 Å². The molecule has 112 valence electrons. The minimum Gasteiger partial charge on any atom is -0.478 e. The van der Waals surface area contributed by atoms with Crippen molar-refractivity contribution >= 4 is 17.3 Å². The van der Waals surface area contributed by atoms with Gasteiger partial charge in [0.1, 0.15) is 0 Å². The third kappa shape index (κ3) is 3.68. The van der Waals surface area contributed by atoms with Crippen LogP contribution >= 0.6 is 11.3 Å². The van der Waals surface area contributed by atoms with Gasteiger partial charge in [0.25, 0.3) is 0 Å². The molecule has 0 aliphatic rings. The summed E-state index contributed by atoms with van der Waals surface area (Å²) in [6, 6.07) is 7.35. The standard InChI is InChI=1S/C16H20N2O2S/c1-10-15(21-12(3)17-10)11(2)18(4)9-13-6-5-7-14(8-13)16(19)20/h5-8,11H,9H2,1-4H3,(H,19,20). The number of nitrogens with zero attached hydrogens (tertiary/aromatic N) is 2. The fourth-order valence-corrected chi connectivity index (χ4v) is 3.41. The molecule has 0 saturated heterocycles. The highest BCUT2D eigenvalue weighted by Crippen LogP contribution is 2.29. The lowest BCUT2D eigenvalue weighted by molar-refractivity contribution is 0.0696. The largest absolute Gasteiger partial charge is 0.478 e. The number of thiazole rings is 1. The molecule has 1 aromatic carbocycles. The van der Waals surface area contributed by atoms with Crippen molar-refractivity contribution in [1.29, 1.82) is 0 Å². The number of aromatic nitrogens is 1. The Hall–Kier alpha value is -1.72. The molecule has 0 aliphatic carbocycles. The molecule has 0 amide bonds. The Morgan fingerprint density at radius 2 is 2.14 bits per heavy atom. The van der Waals surface area contributed by atoms with Crippen molar-refractivity contribution in [3.8, 4) is 0 Å². The van der Waals surface area contributed by atoms with E-state index in [4.69, 9.17) is 5.11 Å². The maximum Gasteiger partial charge on any atom is 0.335 e. The first-order valence-electron chi connectivity index (χ1n) is 6.85. The molecule has 0 aliphatic heterocycles. The first kappa shape index (κ1) is 15.7. The minimum atomic E-state index is -0.888. The summed E-state index contributed by atoms with van der Waals surface area (Å²) in [6.07, 6.45) is 0. The van der Waals surface area contributed by atoms with Crippen LogP contribution in [-0.2, 0) is 6.54 Å². The Balaban J connectivity index is 2.14. The number of hydrogen-bond donors (Lipinski definition) is 1. The molecular formula is C16H20N2O2S. The first-order chi connectivity index (χ1) is 9.88. The SMILES string of the molecule is Cc1nc(C)c(C(C)N(C)Cc2cccc(C(=O)O)c2)s1. The molecule has 1 atom stereocenters. The van der Waals surface area contributed by atoms with Crippen LogP contribution in [0.1, 0.15) is 44.5 Å². The van der Waals surface area contributed by atoms with Gasteiger partial charge in [0.15, 0.2) is 0 Å². The molecule has 1 aromatic heterocycles. The summed E-state index contributed by atoms with van der Waals surface area (Å²) in [5, 5.41) is 10.1. The first-order valence-corrected chi connectivity index (χ1v) is 7.66. The number of hydrogen-bond acceptors (Lipinski definition) is 4. The molecule has 1 N–H and O–H groups in total. The summed E-state index contributed by atoms with van der Waals surface area (Å²) in [4.78, 5) is 19.0. The van der Waals surface area contributed by atoms with Gasteiger partial charge in [-0.25, -0.2) is 9.78 Å². The molecule has 0 spiro atoms. The fourth-order valence-electron chi connectivity index (χ4n) is 2.36. The average molecular weight is 304 g/mol. The predicted molar refractivity (Wildman–Crippen MR) is 84.9 cm³/mol. The van der Waals surface area contributed by atoms with E-state index in [1.807, 2.05) is 27.0 Å². The van der Waals surface area contributed by atoms with Gasteiger partial charge in [0.2, 0.25) is 0 Å². The molecule has 0 fully saturated rings.